The van der Waals surface area contributed by atoms with Crippen LogP contribution in [0.25, 0.3) is 0 Å². The summed E-state index contributed by atoms with van der Waals surface area (Å²) in [5.41, 5.74) is 2.39. The quantitative estimate of drug-likeness (QED) is 0.488. The summed E-state index contributed by atoms with van der Waals surface area (Å²) >= 11 is 0. The second-order valence-electron chi connectivity index (χ2n) is 8.01. The topological polar surface area (TPSA) is 85.4 Å². The molecule has 1 aliphatic rings. The Morgan fingerprint density at radius 1 is 0.941 bits per heavy atom. The van der Waals surface area contributed by atoms with E-state index in [1.807, 2.05) is 25.1 Å². The summed E-state index contributed by atoms with van der Waals surface area (Å²) in [6.07, 6.45) is 0. The molecule has 1 aliphatic heterocycles. The Balaban J connectivity index is 1.33. The van der Waals surface area contributed by atoms with Crippen LogP contribution in [0.1, 0.15) is 11.1 Å². The van der Waals surface area contributed by atoms with Gasteiger partial charge >= 0.3 is 0 Å². The fourth-order valence-corrected chi connectivity index (χ4v) is 4.61. The van der Waals surface area contributed by atoms with Gasteiger partial charge in [0.05, 0.1) is 10.6 Å². The highest BCUT2D eigenvalue weighted by molar-refractivity contribution is 7.92. The summed E-state index contributed by atoms with van der Waals surface area (Å²) in [5, 5.41) is 0. The molecule has 8 nitrogen and oxygen atoms in total. The molecule has 0 radical (unpaired) electrons. The number of amides is 1. The van der Waals surface area contributed by atoms with Gasteiger partial charge in [-0.1, -0.05) is 23.8 Å². The van der Waals surface area contributed by atoms with Gasteiger partial charge in [0.15, 0.2) is 18.1 Å². The van der Waals surface area contributed by atoms with Crippen molar-refractivity contribution in [2.75, 3.05) is 31.8 Å². The standard InChI is InChI=1S/C25H26N2O6S/c1-18-4-11-22(12-5-18)34(29,30)27(3)20-7-9-21(10-8-20)31-16-25(28)26(2)15-19-6-13-23-24(14-19)33-17-32-23/h4-14H,15-17H2,1-3H3. The number of hydrogen-bond acceptors (Lipinski definition) is 6. The van der Waals surface area contributed by atoms with Gasteiger partial charge in [0.2, 0.25) is 6.79 Å². The predicted octanol–water partition coefficient (Wildman–Crippen LogP) is 3.59. The first-order chi connectivity index (χ1) is 16.2. The van der Waals surface area contributed by atoms with Crippen LogP contribution in [0.5, 0.6) is 17.2 Å². The Morgan fingerprint density at radius 2 is 1.62 bits per heavy atom. The van der Waals surface area contributed by atoms with Crippen LogP contribution in [0.2, 0.25) is 0 Å². The number of rotatable bonds is 8. The third-order valence-corrected chi connectivity index (χ3v) is 7.32. The maximum atomic E-state index is 12.9. The lowest BCUT2D eigenvalue weighted by molar-refractivity contribution is -0.132. The van der Waals surface area contributed by atoms with E-state index in [9.17, 15) is 13.2 Å². The third-order valence-electron chi connectivity index (χ3n) is 5.52. The number of sulfonamides is 1. The zero-order chi connectivity index (χ0) is 24.3. The molecule has 0 aromatic heterocycles. The van der Waals surface area contributed by atoms with Crippen molar-refractivity contribution in [1.29, 1.82) is 0 Å². The van der Waals surface area contributed by atoms with Crippen molar-refractivity contribution in [3.05, 3.63) is 77.9 Å². The summed E-state index contributed by atoms with van der Waals surface area (Å²) in [6.45, 7) is 2.36. The Bertz CT molecular complexity index is 1270. The van der Waals surface area contributed by atoms with Crippen LogP contribution in [-0.4, -0.2) is 46.7 Å². The van der Waals surface area contributed by atoms with Gasteiger partial charge in [0.1, 0.15) is 5.75 Å². The predicted molar refractivity (Wildman–Crippen MR) is 128 cm³/mol. The van der Waals surface area contributed by atoms with Gasteiger partial charge in [0, 0.05) is 20.6 Å². The number of carbonyl (C=O) groups is 1. The molecule has 0 unspecified atom stereocenters. The average molecular weight is 483 g/mol. The second-order valence-corrected chi connectivity index (χ2v) is 9.97. The van der Waals surface area contributed by atoms with E-state index in [4.69, 9.17) is 14.2 Å². The number of nitrogens with zero attached hydrogens (tertiary/aromatic N) is 2. The van der Waals surface area contributed by atoms with Crippen LogP contribution < -0.4 is 18.5 Å². The molecule has 0 saturated carbocycles. The first-order valence-corrected chi connectivity index (χ1v) is 12.1. The number of carbonyl (C=O) groups excluding carboxylic acids is 1. The normalized spacial score (nSPS) is 12.3. The van der Waals surface area contributed by atoms with Crippen LogP contribution >= 0.6 is 0 Å². The Morgan fingerprint density at radius 3 is 2.32 bits per heavy atom. The van der Waals surface area contributed by atoms with E-state index in [1.54, 1.807) is 60.5 Å². The molecule has 0 saturated heterocycles. The minimum Gasteiger partial charge on any atom is -0.484 e. The van der Waals surface area contributed by atoms with E-state index < -0.39 is 10.0 Å². The lowest BCUT2D eigenvalue weighted by atomic mass is 10.2. The SMILES string of the molecule is Cc1ccc(S(=O)(=O)N(C)c2ccc(OCC(=O)N(C)Cc3ccc4c(c3)OCO4)cc2)cc1. The second kappa shape index (κ2) is 9.64. The minimum atomic E-state index is -3.68. The van der Waals surface area contributed by atoms with Crippen molar-refractivity contribution in [3.8, 4) is 17.2 Å². The lowest BCUT2D eigenvalue weighted by Crippen LogP contribution is -2.31. The van der Waals surface area contributed by atoms with E-state index in [0.29, 0.717) is 29.5 Å². The van der Waals surface area contributed by atoms with Crippen LogP contribution in [0.3, 0.4) is 0 Å². The van der Waals surface area contributed by atoms with Crippen LogP contribution in [0.4, 0.5) is 5.69 Å². The van der Waals surface area contributed by atoms with E-state index in [1.165, 1.54) is 11.4 Å². The molecule has 34 heavy (non-hydrogen) atoms. The number of fused-ring (bicyclic) bond motifs is 1. The van der Waals surface area contributed by atoms with Crippen LogP contribution in [0.15, 0.2) is 71.6 Å². The van der Waals surface area contributed by atoms with Gasteiger partial charge in [-0.3, -0.25) is 9.10 Å². The summed E-state index contributed by atoms with van der Waals surface area (Å²) in [4.78, 5) is 14.3. The Hall–Kier alpha value is -3.72. The third kappa shape index (κ3) is 5.09. The fraction of sp³-hybridized carbons (Fsp3) is 0.240. The lowest BCUT2D eigenvalue weighted by Gasteiger charge is -2.20. The summed E-state index contributed by atoms with van der Waals surface area (Å²) in [5.74, 6) is 1.64. The van der Waals surface area contributed by atoms with Crippen molar-refractivity contribution < 1.29 is 27.4 Å². The van der Waals surface area contributed by atoms with Gasteiger partial charge in [-0.05, 0) is 61.0 Å². The molecule has 0 bridgehead atoms. The van der Waals surface area contributed by atoms with E-state index in [2.05, 4.69) is 0 Å². The first-order valence-electron chi connectivity index (χ1n) is 10.6. The highest BCUT2D eigenvalue weighted by Gasteiger charge is 2.21. The summed E-state index contributed by atoms with van der Waals surface area (Å²) < 4.78 is 43.2. The molecule has 1 heterocycles. The molecular weight excluding hydrogens is 456 g/mol. The zero-order valence-corrected chi connectivity index (χ0v) is 20.0. The molecule has 3 aromatic carbocycles. The Labute approximate surface area is 199 Å². The molecule has 178 valence electrons. The number of hydrogen-bond donors (Lipinski definition) is 0. The van der Waals surface area contributed by atoms with Crippen molar-refractivity contribution in [2.24, 2.45) is 0 Å². The molecule has 1 amide bonds. The molecule has 0 N–H and O–H groups in total. The number of anilines is 1. The van der Waals surface area contributed by atoms with Crippen LogP contribution in [0, 0.1) is 6.92 Å². The van der Waals surface area contributed by atoms with Crippen molar-refractivity contribution in [3.63, 3.8) is 0 Å². The molecule has 0 spiro atoms. The monoisotopic (exact) mass is 482 g/mol. The summed E-state index contributed by atoms with van der Waals surface area (Å²) in [6, 6.07) is 18.8. The zero-order valence-electron chi connectivity index (χ0n) is 19.2. The molecule has 0 aliphatic carbocycles. The van der Waals surface area contributed by atoms with Gasteiger partial charge in [-0.2, -0.15) is 0 Å². The maximum Gasteiger partial charge on any atom is 0.264 e. The number of aryl methyl sites for hydroxylation is 1. The smallest absolute Gasteiger partial charge is 0.264 e. The van der Waals surface area contributed by atoms with Gasteiger partial charge in [0.25, 0.3) is 15.9 Å². The fourth-order valence-electron chi connectivity index (χ4n) is 3.42. The van der Waals surface area contributed by atoms with E-state index in [0.717, 1.165) is 11.1 Å². The van der Waals surface area contributed by atoms with Gasteiger partial charge < -0.3 is 19.1 Å². The molecule has 9 heteroatoms. The number of ether oxygens (including phenoxy) is 3. The van der Waals surface area contributed by atoms with Crippen molar-refractivity contribution >= 4 is 21.6 Å². The highest BCUT2D eigenvalue weighted by Crippen LogP contribution is 2.32. The van der Waals surface area contributed by atoms with Crippen LogP contribution in [-0.2, 0) is 21.4 Å². The molecule has 4 rings (SSSR count). The van der Waals surface area contributed by atoms with Crippen molar-refractivity contribution in [1.82, 2.24) is 4.90 Å². The first kappa shape index (κ1) is 23.4. The number of benzene rings is 3. The van der Waals surface area contributed by atoms with E-state index >= 15 is 0 Å². The molecular formula is C25H26N2O6S. The summed E-state index contributed by atoms with van der Waals surface area (Å²) in [7, 11) is -0.479. The molecule has 3 aromatic rings. The average Bonchev–Trinajstić information content (AvgIpc) is 3.30. The van der Waals surface area contributed by atoms with Gasteiger partial charge in [-0.15, -0.1) is 0 Å². The largest absolute Gasteiger partial charge is 0.484 e. The minimum absolute atomic E-state index is 0.141. The molecule has 0 atom stereocenters. The highest BCUT2D eigenvalue weighted by atomic mass is 32.2. The van der Waals surface area contributed by atoms with Gasteiger partial charge in [-0.25, -0.2) is 8.42 Å². The molecule has 0 fully saturated rings. The Kier molecular flexibility index (Phi) is 6.65. The maximum absolute atomic E-state index is 12.9. The van der Waals surface area contributed by atoms with E-state index in [-0.39, 0.29) is 24.2 Å². The number of likely N-dealkylation sites (N-methyl/N-ethyl adjacent to an activating group) is 1. The van der Waals surface area contributed by atoms with Crippen molar-refractivity contribution in [2.45, 2.75) is 18.4 Å².